The first-order chi connectivity index (χ1) is 11.7. The van der Waals surface area contributed by atoms with Gasteiger partial charge in [0.25, 0.3) is 0 Å². The van der Waals surface area contributed by atoms with E-state index in [4.69, 9.17) is 0 Å². The van der Waals surface area contributed by atoms with Crippen LogP contribution in [0.2, 0.25) is 0 Å². The average Bonchev–Trinajstić information content (AvgIpc) is 2.88. The Balaban J connectivity index is 1.83. The van der Waals surface area contributed by atoms with Gasteiger partial charge in [-0.1, -0.05) is 18.2 Å². The molecule has 25 heavy (non-hydrogen) atoms. The monoisotopic (exact) mass is 345 g/mol. The van der Waals surface area contributed by atoms with E-state index in [0.717, 1.165) is 23.7 Å². The predicted molar refractivity (Wildman–Crippen MR) is 96.6 cm³/mol. The number of fused-ring (bicyclic) bond motifs is 1. The van der Waals surface area contributed by atoms with Gasteiger partial charge in [0, 0.05) is 17.0 Å². The van der Waals surface area contributed by atoms with E-state index >= 15 is 0 Å². The van der Waals surface area contributed by atoms with E-state index < -0.39 is 17.2 Å². The van der Waals surface area contributed by atoms with Gasteiger partial charge in [-0.3, -0.25) is 4.68 Å². The SMILES string of the molecule is CC(C)(C)N(C(=O)O)[C@@H]1CCCC(O)(Cn2ncc3ccccc32)C1. The first-order valence-corrected chi connectivity index (χ1v) is 8.85. The molecule has 0 spiro atoms. The molecule has 1 saturated carbocycles. The lowest BCUT2D eigenvalue weighted by Gasteiger charge is -2.45. The van der Waals surface area contributed by atoms with Crippen molar-refractivity contribution in [3.05, 3.63) is 30.5 Å². The molecule has 1 aliphatic carbocycles. The van der Waals surface area contributed by atoms with Crippen molar-refractivity contribution in [1.29, 1.82) is 0 Å². The van der Waals surface area contributed by atoms with Gasteiger partial charge in [0.05, 0.1) is 23.9 Å². The maximum absolute atomic E-state index is 11.8. The molecule has 1 aromatic carbocycles. The van der Waals surface area contributed by atoms with Gasteiger partial charge < -0.3 is 15.1 Å². The zero-order chi connectivity index (χ0) is 18.2. The number of carbonyl (C=O) groups is 1. The maximum atomic E-state index is 11.8. The standard InChI is InChI=1S/C19H27N3O3/c1-18(2,3)22(17(23)24)15-8-6-10-19(25,11-15)13-21-16-9-5-4-7-14(16)12-20-21/h4-5,7,9,12,15,25H,6,8,10-11,13H2,1-3H3,(H,23,24)/t15-,19?/m1/s1. The summed E-state index contributed by atoms with van der Waals surface area (Å²) in [6.45, 7) is 6.08. The van der Waals surface area contributed by atoms with Crippen LogP contribution in [0.3, 0.4) is 0 Å². The molecule has 1 unspecified atom stereocenters. The Morgan fingerprint density at radius 1 is 1.40 bits per heavy atom. The summed E-state index contributed by atoms with van der Waals surface area (Å²) in [7, 11) is 0. The van der Waals surface area contributed by atoms with Crippen LogP contribution in [0.25, 0.3) is 10.9 Å². The van der Waals surface area contributed by atoms with E-state index in [2.05, 4.69) is 5.10 Å². The molecule has 0 saturated heterocycles. The number of nitrogens with zero attached hydrogens (tertiary/aromatic N) is 3. The van der Waals surface area contributed by atoms with Crippen LogP contribution in [-0.4, -0.2) is 48.2 Å². The predicted octanol–water partition coefficient (Wildman–Crippen LogP) is 3.49. The highest BCUT2D eigenvalue weighted by Gasteiger charge is 2.42. The quantitative estimate of drug-likeness (QED) is 0.892. The summed E-state index contributed by atoms with van der Waals surface area (Å²) in [5.41, 5.74) is -0.451. The number of aromatic nitrogens is 2. The van der Waals surface area contributed by atoms with Gasteiger partial charge in [0.15, 0.2) is 0 Å². The van der Waals surface area contributed by atoms with Crippen LogP contribution in [0.1, 0.15) is 46.5 Å². The molecule has 2 N–H and O–H groups in total. The summed E-state index contributed by atoms with van der Waals surface area (Å²) in [5, 5.41) is 26.3. The Morgan fingerprint density at radius 2 is 2.12 bits per heavy atom. The Hall–Kier alpha value is -2.08. The lowest BCUT2D eigenvalue weighted by molar-refractivity contribution is -0.0530. The molecule has 1 amide bonds. The Morgan fingerprint density at radius 3 is 2.80 bits per heavy atom. The third-order valence-electron chi connectivity index (χ3n) is 5.08. The van der Waals surface area contributed by atoms with Crippen molar-refractivity contribution < 1.29 is 15.0 Å². The first kappa shape index (κ1) is 17.7. The summed E-state index contributed by atoms with van der Waals surface area (Å²) in [5.74, 6) is 0. The van der Waals surface area contributed by atoms with Gasteiger partial charge in [-0.2, -0.15) is 5.10 Å². The molecule has 2 aromatic rings. The first-order valence-electron chi connectivity index (χ1n) is 8.85. The van der Waals surface area contributed by atoms with Crippen molar-refractivity contribution in [3.63, 3.8) is 0 Å². The number of carboxylic acid groups (broad SMARTS) is 1. The van der Waals surface area contributed by atoms with Gasteiger partial charge in [0.2, 0.25) is 0 Å². The summed E-state index contributed by atoms with van der Waals surface area (Å²) in [6.07, 6.45) is 3.57. The highest BCUT2D eigenvalue weighted by Crippen LogP contribution is 2.35. The normalized spacial score (nSPS) is 24.4. The largest absolute Gasteiger partial charge is 0.465 e. The van der Waals surface area contributed by atoms with Crippen LogP contribution in [0.15, 0.2) is 30.5 Å². The molecule has 1 fully saturated rings. The minimum Gasteiger partial charge on any atom is -0.465 e. The molecule has 6 nitrogen and oxygen atoms in total. The summed E-state index contributed by atoms with van der Waals surface area (Å²) < 4.78 is 1.83. The fourth-order valence-corrected chi connectivity index (χ4v) is 4.09. The molecule has 136 valence electrons. The van der Waals surface area contributed by atoms with Crippen molar-refractivity contribution in [1.82, 2.24) is 14.7 Å². The summed E-state index contributed by atoms with van der Waals surface area (Å²) in [4.78, 5) is 13.3. The molecule has 0 aliphatic heterocycles. The smallest absolute Gasteiger partial charge is 0.407 e. The third-order valence-corrected chi connectivity index (χ3v) is 5.08. The molecule has 0 radical (unpaired) electrons. The van der Waals surface area contributed by atoms with Gasteiger partial charge in [-0.25, -0.2) is 4.79 Å². The zero-order valence-corrected chi connectivity index (χ0v) is 15.1. The Labute approximate surface area is 148 Å². The number of rotatable bonds is 3. The second-order valence-electron chi connectivity index (χ2n) is 8.16. The number of benzene rings is 1. The zero-order valence-electron chi connectivity index (χ0n) is 15.1. The lowest BCUT2D eigenvalue weighted by atomic mass is 9.80. The summed E-state index contributed by atoms with van der Waals surface area (Å²) >= 11 is 0. The van der Waals surface area contributed by atoms with Gasteiger partial charge in [-0.15, -0.1) is 0 Å². The molecule has 1 aromatic heterocycles. The van der Waals surface area contributed by atoms with E-state index in [1.165, 1.54) is 4.90 Å². The number of hydrogen-bond donors (Lipinski definition) is 2. The van der Waals surface area contributed by atoms with E-state index in [0.29, 0.717) is 19.4 Å². The van der Waals surface area contributed by atoms with Gasteiger partial charge >= 0.3 is 6.09 Å². The average molecular weight is 345 g/mol. The van der Waals surface area contributed by atoms with Crippen molar-refractivity contribution in [2.24, 2.45) is 0 Å². The van der Waals surface area contributed by atoms with Crippen LogP contribution in [-0.2, 0) is 6.54 Å². The highest BCUT2D eigenvalue weighted by molar-refractivity contribution is 5.78. The van der Waals surface area contributed by atoms with Gasteiger partial charge in [-0.05, 0) is 52.5 Å². The van der Waals surface area contributed by atoms with Crippen molar-refractivity contribution >= 4 is 17.0 Å². The van der Waals surface area contributed by atoms with Crippen molar-refractivity contribution in [3.8, 4) is 0 Å². The Kier molecular flexibility index (Phi) is 4.49. The number of aliphatic hydroxyl groups is 1. The molecular weight excluding hydrogens is 318 g/mol. The number of para-hydroxylation sites is 1. The van der Waals surface area contributed by atoms with Crippen LogP contribution in [0.5, 0.6) is 0 Å². The lowest BCUT2D eigenvalue weighted by Crippen LogP contribution is -2.55. The molecule has 1 heterocycles. The molecule has 0 bridgehead atoms. The van der Waals surface area contributed by atoms with Crippen molar-refractivity contribution in [2.75, 3.05) is 0 Å². The maximum Gasteiger partial charge on any atom is 0.407 e. The van der Waals surface area contributed by atoms with Crippen LogP contribution in [0, 0.1) is 0 Å². The van der Waals surface area contributed by atoms with E-state index in [-0.39, 0.29) is 6.04 Å². The minimum atomic E-state index is -0.948. The molecule has 1 aliphatic rings. The molecule has 2 atom stereocenters. The minimum absolute atomic E-state index is 0.182. The van der Waals surface area contributed by atoms with Crippen molar-refractivity contribution in [2.45, 2.75) is 70.2 Å². The topological polar surface area (TPSA) is 78.6 Å². The van der Waals surface area contributed by atoms with Crippen LogP contribution < -0.4 is 0 Å². The third kappa shape index (κ3) is 3.63. The van der Waals surface area contributed by atoms with Crippen LogP contribution in [0.4, 0.5) is 4.79 Å². The molecule has 6 heteroatoms. The summed E-state index contributed by atoms with van der Waals surface area (Å²) in [6, 6.07) is 7.73. The fourth-order valence-electron chi connectivity index (χ4n) is 4.09. The molecule has 3 rings (SSSR count). The van der Waals surface area contributed by atoms with Gasteiger partial charge in [0.1, 0.15) is 0 Å². The Bertz CT molecular complexity index is 765. The second kappa shape index (κ2) is 6.33. The van der Waals surface area contributed by atoms with E-state index in [1.807, 2.05) is 49.7 Å². The molecular formula is C19H27N3O3. The number of amides is 1. The van der Waals surface area contributed by atoms with E-state index in [9.17, 15) is 15.0 Å². The van der Waals surface area contributed by atoms with Crippen LogP contribution >= 0.6 is 0 Å². The highest BCUT2D eigenvalue weighted by atomic mass is 16.4. The van der Waals surface area contributed by atoms with E-state index in [1.54, 1.807) is 6.20 Å². The second-order valence-corrected chi connectivity index (χ2v) is 8.16. The fraction of sp³-hybridized carbons (Fsp3) is 0.579. The number of hydrogen-bond acceptors (Lipinski definition) is 3.